The zero-order valence-electron chi connectivity index (χ0n) is 15.6. The van der Waals surface area contributed by atoms with Gasteiger partial charge in [0.1, 0.15) is 0 Å². The summed E-state index contributed by atoms with van der Waals surface area (Å²) in [6.07, 6.45) is 4.48. The topological polar surface area (TPSA) is 89.9 Å². The van der Waals surface area contributed by atoms with Gasteiger partial charge >= 0.3 is 5.97 Å². The molecule has 0 aliphatic heterocycles. The number of carbonyl (C=O) groups is 2. The molecule has 0 atom stereocenters. The van der Waals surface area contributed by atoms with Crippen molar-refractivity contribution in [1.82, 2.24) is 10.4 Å². The molecule has 0 saturated carbocycles. The fraction of sp³-hybridized carbons (Fsp3) is 0.0476. The molecule has 0 unspecified atom stereocenters. The average molecular weight is 580 g/mol. The summed E-state index contributed by atoms with van der Waals surface area (Å²) >= 11 is 5.34. The van der Waals surface area contributed by atoms with E-state index in [0.29, 0.717) is 26.9 Å². The van der Waals surface area contributed by atoms with Crippen LogP contribution in [0.2, 0.25) is 0 Å². The zero-order valence-corrected chi connectivity index (χ0v) is 19.4. The number of ether oxygens (including phenoxy) is 2. The molecule has 0 spiro atoms. The second-order valence-electron chi connectivity index (χ2n) is 5.87. The van der Waals surface area contributed by atoms with Crippen molar-refractivity contribution in [1.29, 1.82) is 0 Å². The molecule has 0 bridgehead atoms. The van der Waals surface area contributed by atoms with E-state index in [1.54, 1.807) is 42.6 Å². The maximum atomic E-state index is 12.4. The zero-order chi connectivity index (χ0) is 21.5. The SMILES string of the molecule is COc1cc(/C=N\NC(=O)c2cncc(Br)c2)ccc1OC(=O)c1ccccc1I. The Morgan fingerprint density at radius 3 is 2.67 bits per heavy atom. The second kappa shape index (κ2) is 10.3. The first kappa shape index (κ1) is 21.9. The molecule has 0 aliphatic carbocycles. The number of nitrogens with zero attached hydrogens (tertiary/aromatic N) is 2. The number of rotatable bonds is 6. The van der Waals surface area contributed by atoms with Crippen LogP contribution in [0.5, 0.6) is 11.5 Å². The predicted molar refractivity (Wildman–Crippen MR) is 124 cm³/mol. The first-order valence-electron chi connectivity index (χ1n) is 8.56. The first-order chi connectivity index (χ1) is 14.5. The predicted octanol–water partition coefficient (Wildman–Crippen LogP) is 4.44. The quantitative estimate of drug-likeness (QED) is 0.153. The van der Waals surface area contributed by atoms with Crippen LogP contribution in [0.15, 0.2) is 70.5 Å². The minimum atomic E-state index is -0.477. The number of pyridine rings is 1. The molecular weight excluding hydrogens is 565 g/mol. The molecule has 1 amide bonds. The van der Waals surface area contributed by atoms with Crippen LogP contribution in [0.4, 0.5) is 0 Å². The lowest BCUT2D eigenvalue weighted by Crippen LogP contribution is -2.17. The number of hydrogen-bond acceptors (Lipinski definition) is 6. The molecule has 2 aromatic carbocycles. The Balaban J connectivity index is 1.69. The highest BCUT2D eigenvalue weighted by Crippen LogP contribution is 2.29. The number of methoxy groups -OCH3 is 1. The van der Waals surface area contributed by atoms with E-state index in [4.69, 9.17) is 9.47 Å². The van der Waals surface area contributed by atoms with E-state index < -0.39 is 11.9 Å². The summed E-state index contributed by atoms with van der Waals surface area (Å²) in [5, 5.41) is 3.94. The van der Waals surface area contributed by atoms with Crippen LogP contribution in [0.25, 0.3) is 0 Å². The summed E-state index contributed by atoms with van der Waals surface area (Å²) in [6, 6.07) is 13.7. The number of esters is 1. The van der Waals surface area contributed by atoms with E-state index in [9.17, 15) is 9.59 Å². The number of hydrazone groups is 1. The van der Waals surface area contributed by atoms with Crippen molar-refractivity contribution >= 4 is 56.6 Å². The summed E-state index contributed by atoms with van der Waals surface area (Å²) in [5.74, 6) is -0.228. The number of hydrogen-bond donors (Lipinski definition) is 1. The van der Waals surface area contributed by atoms with Crippen molar-refractivity contribution in [3.8, 4) is 11.5 Å². The number of aromatic nitrogens is 1. The molecule has 152 valence electrons. The molecule has 3 rings (SSSR count). The van der Waals surface area contributed by atoms with Crippen molar-refractivity contribution in [3.05, 3.63) is 85.7 Å². The van der Waals surface area contributed by atoms with E-state index in [1.807, 2.05) is 12.1 Å². The lowest BCUT2D eigenvalue weighted by Gasteiger charge is -2.10. The van der Waals surface area contributed by atoms with Gasteiger partial charge in [-0.3, -0.25) is 9.78 Å². The molecule has 0 fully saturated rings. The number of halogens is 2. The van der Waals surface area contributed by atoms with Crippen LogP contribution in [0, 0.1) is 3.57 Å². The fourth-order valence-corrected chi connectivity index (χ4v) is 3.37. The fourth-order valence-electron chi connectivity index (χ4n) is 2.40. The van der Waals surface area contributed by atoms with E-state index >= 15 is 0 Å². The van der Waals surface area contributed by atoms with Crippen molar-refractivity contribution in [2.45, 2.75) is 0 Å². The van der Waals surface area contributed by atoms with Gasteiger partial charge in [-0.15, -0.1) is 0 Å². The minimum absolute atomic E-state index is 0.281. The van der Waals surface area contributed by atoms with E-state index in [-0.39, 0.29) is 5.75 Å². The maximum absolute atomic E-state index is 12.4. The van der Waals surface area contributed by atoms with Crippen LogP contribution in [0.3, 0.4) is 0 Å². The summed E-state index contributed by atoms with van der Waals surface area (Å²) in [7, 11) is 1.47. The highest BCUT2D eigenvalue weighted by Gasteiger charge is 2.15. The van der Waals surface area contributed by atoms with E-state index in [1.165, 1.54) is 19.5 Å². The highest BCUT2D eigenvalue weighted by molar-refractivity contribution is 14.1. The maximum Gasteiger partial charge on any atom is 0.344 e. The third-order valence-electron chi connectivity index (χ3n) is 3.83. The number of benzene rings is 2. The molecule has 0 aliphatic rings. The van der Waals surface area contributed by atoms with E-state index in [0.717, 1.165) is 3.57 Å². The van der Waals surface area contributed by atoms with Crippen LogP contribution in [0.1, 0.15) is 26.3 Å². The van der Waals surface area contributed by atoms with Gasteiger partial charge in [-0.1, -0.05) is 12.1 Å². The third-order valence-corrected chi connectivity index (χ3v) is 5.21. The molecule has 1 heterocycles. The van der Waals surface area contributed by atoms with Crippen molar-refractivity contribution in [3.63, 3.8) is 0 Å². The minimum Gasteiger partial charge on any atom is -0.493 e. The van der Waals surface area contributed by atoms with Gasteiger partial charge < -0.3 is 9.47 Å². The van der Waals surface area contributed by atoms with Gasteiger partial charge in [0.05, 0.1) is 24.5 Å². The monoisotopic (exact) mass is 579 g/mol. The Labute approximate surface area is 194 Å². The Morgan fingerprint density at radius 1 is 1.13 bits per heavy atom. The van der Waals surface area contributed by atoms with Gasteiger partial charge in [-0.25, -0.2) is 10.2 Å². The van der Waals surface area contributed by atoms with Gasteiger partial charge in [0, 0.05) is 20.4 Å². The largest absolute Gasteiger partial charge is 0.493 e. The molecule has 0 saturated heterocycles. The number of amides is 1. The smallest absolute Gasteiger partial charge is 0.344 e. The van der Waals surface area contributed by atoms with Gasteiger partial charge in [0.15, 0.2) is 11.5 Å². The molecule has 30 heavy (non-hydrogen) atoms. The Hall–Kier alpha value is -2.79. The summed E-state index contributed by atoms with van der Waals surface area (Å²) in [6.45, 7) is 0. The number of nitrogens with one attached hydrogen (secondary N) is 1. The lowest BCUT2D eigenvalue weighted by atomic mass is 10.2. The summed E-state index contributed by atoms with van der Waals surface area (Å²) < 4.78 is 12.3. The first-order valence-corrected chi connectivity index (χ1v) is 10.4. The van der Waals surface area contributed by atoms with Crippen LogP contribution in [-0.4, -0.2) is 30.2 Å². The molecule has 3 aromatic rings. The van der Waals surface area contributed by atoms with Gasteiger partial charge in [-0.2, -0.15) is 5.10 Å². The molecule has 1 N–H and O–H groups in total. The van der Waals surface area contributed by atoms with Gasteiger partial charge in [0.2, 0.25) is 0 Å². The highest BCUT2D eigenvalue weighted by atomic mass is 127. The van der Waals surface area contributed by atoms with Crippen LogP contribution < -0.4 is 14.9 Å². The standard InChI is InChI=1S/C21H15BrIN3O4/c1-29-19-8-13(10-25-26-20(27)14-9-15(22)12-24-11-14)6-7-18(19)30-21(28)16-4-2-3-5-17(16)23/h2-12H,1H3,(H,26,27)/b25-10-. The molecular formula is C21H15BrIN3O4. The normalized spacial score (nSPS) is 10.6. The van der Waals surface area contributed by atoms with Crippen molar-refractivity contribution < 1.29 is 19.1 Å². The number of carbonyl (C=O) groups excluding carboxylic acids is 2. The van der Waals surface area contributed by atoms with Crippen LogP contribution >= 0.6 is 38.5 Å². The lowest BCUT2D eigenvalue weighted by molar-refractivity contribution is 0.0728. The second-order valence-corrected chi connectivity index (χ2v) is 7.95. The third kappa shape index (κ3) is 5.63. The molecule has 0 radical (unpaired) electrons. The molecule has 7 nitrogen and oxygen atoms in total. The van der Waals surface area contributed by atoms with Crippen molar-refractivity contribution in [2.75, 3.05) is 7.11 Å². The summed E-state index contributed by atoms with van der Waals surface area (Å²) in [5.41, 5.74) is 3.92. The average Bonchev–Trinajstić information content (AvgIpc) is 2.74. The van der Waals surface area contributed by atoms with Crippen LogP contribution in [-0.2, 0) is 0 Å². The Morgan fingerprint density at radius 2 is 1.93 bits per heavy atom. The van der Waals surface area contributed by atoms with Gasteiger partial charge in [-0.05, 0) is 80.5 Å². The van der Waals surface area contributed by atoms with E-state index in [2.05, 4.69) is 54.0 Å². The van der Waals surface area contributed by atoms with Crippen molar-refractivity contribution in [2.24, 2.45) is 5.10 Å². The Kier molecular flexibility index (Phi) is 7.52. The van der Waals surface area contributed by atoms with Gasteiger partial charge in [0.25, 0.3) is 5.91 Å². The molecule has 1 aromatic heterocycles. The summed E-state index contributed by atoms with van der Waals surface area (Å²) in [4.78, 5) is 28.4. The molecule has 9 heteroatoms. The Bertz CT molecular complexity index is 1120.